The summed E-state index contributed by atoms with van der Waals surface area (Å²) in [5.41, 5.74) is 1.97. The molecule has 1 aromatic heterocycles. The van der Waals surface area contributed by atoms with Gasteiger partial charge in [-0.15, -0.1) is 11.3 Å². The van der Waals surface area contributed by atoms with Crippen molar-refractivity contribution in [1.29, 1.82) is 0 Å². The molecule has 0 aliphatic heterocycles. The molecule has 0 fully saturated rings. The Morgan fingerprint density at radius 1 is 1.38 bits per heavy atom. The first kappa shape index (κ1) is 15.4. The van der Waals surface area contributed by atoms with Crippen LogP contribution in [0.5, 0.6) is 5.75 Å². The van der Waals surface area contributed by atoms with Gasteiger partial charge in [0.1, 0.15) is 11.3 Å². The van der Waals surface area contributed by atoms with Crippen LogP contribution in [0.25, 0.3) is 0 Å². The van der Waals surface area contributed by atoms with Crippen molar-refractivity contribution < 1.29 is 23.4 Å². The Hall–Kier alpha value is -1.97. The van der Waals surface area contributed by atoms with Crippen LogP contribution >= 0.6 is 11.3 Å². The SMILES string of the molecule is O=C(O)c1cc(S(=O)(=O)NCCc2cscn2)ccc1O. The molecule has 0 amide bonds. The molecule has 112 valence electrons. The van der Waals surface area contributed by atoms with Crippen molar-refractivity contribution in [1.82, 2.24) is 9.71 Å². The normalized spacial score (nSPS) is 11.4. The fourth-order valence-electron chi connectivity index (χ4n) is 1.61. The van der Waals surface area contributed by atoms with Crippen LogP contribution in [0.3, 0.4) is 0 Å². The van der Waals surface area contributed by atoms with Gasteiger partial charge < -0.3 is 10.2 Å². The van der Waals surface area contributed by atoms with Gasteiger partial charge in [0.15, 0.2) is 0 Å². The Morgan fingerprint density at radius 2 is 2.14 bits per heavy atom. The molecular weight excluding hydrogens is 316 g/mol. The van der Waals surface area contributed by atoms with Crippen molar-refractivity contribution >= 4 is 27.3 Å². The first-order valence-corrected chi connectivity index (χ1v) is 8.26. The number of nitrogens with one attached hydrogen (secondary N) is 1. The highest BCUT2D eigenvalue weighted by Gasteiger charge is 2.18. The lowest BCUT2D eigenvalue weighted by molar-refractivity contribution is 0.0693. The molecular formula is C12H12N2O5S2. The second kappa shape index (κ2) is 6.20. The Bertz CT molecular complexity index is 741. The first-order valence-electron chi connectivity index (χ1n) is 5.83. The number of aromatic hydroxyl groups is 1. The van der Waals surface area contributed by atoms with Gasteiger partial charge in [-0.2, -0.15) is 0 Å². The largest absolute Gasteiger partial charge is 0.507 e. The number of carboxylic acids is 1. The third kappa shape index (κ3) is 3.78. The van der Waals surface area contributed by atoms with Gasteiger partial charge in [-0.05, 0) is 18.2 Å². The van der Waals surface area contributed by atoms with Crippen LogP contribution < -0.4 is 4.72 Å². The lowest BCUT2D eigenvalue weighted by atomic mass is 10.2. The van der Waals surface area contributed by atoms with Gasteiger partial charge in [0.25, 0.3) is 0 Å². The third-order valence-corrected chi connectivity index (χ3v) is 4.76. The van der Waals surface area contributed by atoms with Crippen molar-refractivity contribution in [2.75, 3.05) is 6.54 Å². The molecule has 0 unspecified atom stereocenters. The number of hydrogen-bond acceptors (Lipinski definition) is 6. The van der Waals surface area contributed by atoms with Crippen LogP contribution in [0.2, 0.25) is 0 Å². The fourth-order valence-corrected chi connectivity index (χ4v) is 3.26. The van der Waals surface area contributed by atoms with E-state index >= 15 is 0 Å². The summed E-state index contributed by atoms with van der Waals surface area (Å²) in [6.07, 6.45) is 0.437. The standard InChI is InChI=1S/C12H12N2O5S2/c15-11-2-1-9(5-10(11)12(16)17)21(18,19)14-4-3-8-6-20-7-13-8/h1-2,5-7,14-15H,3-4H2,(H,16,17). The number of aromatic carboxylic acids is 1. The predicted molar refractivity (Wildman–Crippen MR) is 76.1 cm³/mol. The van der Waals surface area contributed by atoms with E-state index in [4.69, 9.17) is 5.11 Å². The monoisotopic (exact) mass is 328 g/mol. The summed E-state index contributed by atoms with van der Waals surface area (Å²) in [6, 6.07) is 3.11. The van der Waals surface area contributed by atoms with E-state index in [1.54, 1.807) is 5.51 Å². The number of phenols is 1. The molecule has 3 N–H and O–H groups in total. The minimum atomic E-state index is -3.84. The number of nitrogens with zero attached hydrogens (tertiary/aromatic N) is 1. The summed E-state index contributed by atoms with van der Waals surface area (Å²) in [5.74, 6) is -1.88. The summed E-state index contributed by atoms with van der Waals surface area (Å²) < 4.78 is 26.4. The lowest BCUT2D eigenvalue weighted by Gasteiger charge is -2.07. The molecule has 2 rings (SSSR count). The number of aromatic nitrogens is 1. The van der Waals surface area contributed by atoms with Gasteiger partial charge in [-0.25, -0.2) is 22.9 Å². The van der Waals surface area contributed by atoms with Crippen LogP contribution in [0.15, 0.2) is 34.0 Å². The van der Waals surface area contributed by atoms with Gasteiger partial charge in [0, 0.05) is 18.3 Å². The highest BCUT2D eigenvalue weighted by molar-refractivity contribution is 7.89. The average Bonchev–Trinajstić information content (AvgIpc) is 2.91. The van der Waals surface area contributed by atoms with Crippen LogP contribution in [0, 0.1) is 0 Å². The van der Waals surface area contributed by atoms with Crippen molar-refractivity contribution in [3.8, 4) is 5.75 Å². The molecule has 0 radical (unpaired) electrons. The Kier molecular flexibility index (Phi) is 4.56. The molecule has 9 heteroatoms. The van der Waals surface area contributed by atoms with E-state index in [2.05, 4.69) is 9.71 Å². The molecule has 1 heterocycles. The zero-order valence-corrected chi connectivity index (χ0v) is 12.3. The fraction of sp³-hybridized carbons (Fsp3) is 0.167. The van der Waals surface area contributed by atoms with Crippen molar-refractivity contribution in [3.05, 3.63) is 40.3 Å². The van der Waals surface area contributed by atoms with E-state index < -0.39 is 27.3 Å². The van der Waals surface area contributed by atoms with E-state index in [1.807, 2.05) is 5.38 Å². The van der Waals surface area contributed by atoms with E-state index in [9.17, 15) is 18.3 Å². The lowest BCUT2D eigenvalue weighted by Crippen LogP contribution is -2.26. The Balaban J connectivity index is 2.12. The zero-order valence-electron chi connectivity index (χ0n) is 10.7. The van der Waals surface area contributed by atoms with Gasteiger partial charge in [-0.1, -0.05) is 0 Å². The van der Waals surface area contributed by atoms with Crippen molar-refractivity contribution in [2.45, 2.75) is 11.3 Å². The summed E-state index contributed by atoms with van der Waals surface area (Å²) in [5, 5.41) is 20.1. The molecule has 2 aromatic rings. The maximum atomic E-state index is 12.0. The highest BCUT2D eigenvalue weighted by atomic mass is 32.2. The number of rotatable bonds is 6. The molecule has 0 aliphatic rings. The zero-order chi connectivity index (χ0) is 15.5. The molecule has 7 nitrogen and oxygen atoms in total. The van der Waals surface area contributed by atoms with Crippen molar-refractivity contribution in [2.24, 2.45) is 0 Å². The summed E-state index contributed by atoms with van der Waals surface area (Å²) in [7, 11) is -3.84. The third-order valence-electron chi connectivity index (χ3n) is 2.67. The number of carbonyl (C=O) groups is 1. The van der Waals surface area contributed by atoms with E-state index in [0.717, 1.165) is 23.9 Å². The highest BCUT2D eigenvalue weighted by Crippen LogP contribution is 2.21. The molecule has 21 heavy (non-hydrogen) atoms. The smallest absolute Gasteiger partial charge is 0.339 e. The van der Waals surface area contributed by atoms with Crippen LogP contribution in [-0.2, 0) is 16.4 Å². The number of sulfonamides is 1. The van der Waals surface area contributed by atoms with E-state index in [-0.39, 0.29) is 11.4 Å². The number of carboxylic acid groups (broad SMARTS) is 1. The van der Waals surface area contributed by atoms with E-state index in [0.29, 0.717) is 6.42 Å². The molecule has 0 saturated heterocycles. The van der Waals surface area contributed by atoms with Crippen molar-refractivity contribution in [3.63, 3.8) is 0 Å². The number of hydrogen-bond donors (Lipinski definition) is 3. The Morgan fingerprint density at radius 3 is 2.76 bits per heavy atom. The molecule has 0 atom stereocenters. The molecule has 0 spiro atoms. The summed E-state index contributed by atoms with van der Waals surface area (Å²) in [6.45, 7) is 0.148. The second-order valence-electron chi connectivity index (χ2n) is 4.11. The van der Waals surface area contributed by atoms with Crippen LogP contribution in [-0.4, -0.2) is 36.1 Å². The minimum absolute atomic E-state index is 0.148. The minimum Gasteiger partial charge on any atom is -0.507 e. The maximum absolute atomic E-state index is 12.0. The topological polar surface area (TPSA) is 117 Å². The van der Waals surface area contributed by atoms with E-state index in [1.165, 1.54) is 11.3 Å². The average molecular weight is 328 g/mol. The Labute approximate surface area is 125 Å². The van der Waals surface area contributed by atoms with Crippen LogP contribution in [0.1, 0.15) is 16.1 Å². The molecule has 1 aromatic carbocycles. The second-order valence-corrected chi connectivity index (χ2v) is 6.60. The van der Waals surface area contributed by atoms with Gasteiger partial charge in [0.2, 0.25) is 10.0 Å². The van der Waals surface area contributed by atoms with Gasteiger partial charge >= 0.3 is 5.97 Å². The molecule has 0 aliphatic carbocycles. The number of thiazole rings is 1. The summed E-state index contributed by atoms with van der Waals surface area (Å²) in [4.78, 5) is 14.7. The molecule has 0 bridgehead atoms. The van der Waals surface area contributed by atoms with Gasteiger partial charge in [0.05, 0.1) is 16.1 Å². The predicted octanol–water partition coefficient (Wildman–Crippen LogP) is 1.07. The molecule has 0 saturated carbocycles. The number of benzene rings is 1. The first-order chi connectivity index (χ1) is 9.90. The van der Waals surface area contributed by atoms with Crippen LogP contribution in [0.4, 0.5) is 0 Å². The quantitative estimate of drug-likeness (QED) is 0.730. The maximum Gasteiger partial charge on any atom is 0.339 e. The summed E-state index contributed by atoms with van der Waals surface area (Å²) >= 11 is 1.42. The van der Waals surface area contributed by atoms with Gasteiger partial charge in [-0.3, -0.25) is 0 Å².